The third-order valence-corrected chi connectivity index (χ3v) is 4.49. The van der Waals surface area contributed by atoms with Crippen molar-refractivity contribution < 1.29 is 4.74 Å². The van der Waals surface area contributed by atoms with Gasteiger partial charge in [0.1, 0.15) is 11.6 Å². The standard InChI is InChI=1S/C19H24N2O.ClH/c1-14(13-21-11-10-20-15(21)2)12-16-8-9-19(22-3)18-7-5-4-6-17(16)18;/h8-12H,4-7,13H2,1-3H3;1H/b14-12+;. The first-order valence-electron chi connectivity index (χ1n) is 8.02. The van der Waals surface area contributed by atoms with Gasteiger partial charge in [0.2, 0.25) is 0 Å². The molecule has 3 rings (SSSR count). The zero-order valence-electron chi connectivity index (χ0n) is 14.1. The number of ether oxygens (including phenoxy) is 1. The van der Waals surface area contributed by atoms with E-state index in [4.69, 9.17) is 4.74 Å². The molecule has 0 saturated heterocycles. The maximum Gasteiger partial charge on any atom is 0.122 e. The van der Waals surface area contributed by atoms with Gasteiger partial charge >= 0.3 is 0 Å². The summed E-state index contributed by atoms with van der Waals surface area (Å²) >= 11 is 0. The van der Waals surface area contributed by atoms with E-state index in [1.165, 1.54) is 35.1 Å². The molecule has 0 atom stereocenters. The fraction of sp³-hybridized carbons (Fsp3) is 0.421. The van der Waals surface area contributed by atoms with Crippen LogP contribution >= 0.6 is 12.4 Å². The number of allylic oxidation sites excluding steroid dienone is 1. The molecule has 0 unspecified atom stereocenters. The summed E-state index contributed by atoms with van der Waals surface area (Å²) in [6.07, 6.45) is 11.1. The largest absolute Gasteiger partial charge is 0.496 e. The third kappa shape index (κ3) is 3.78. The van der Waals surface area contributed by atoms with Crippen molar-refractivity contribution in [2.45, 2.75) is 46.1 Å². The molecule has 0 amide bonds. The summed E-state index contributed by atoms with van der Waals surface area (Å²) in [7, 11) is 1.77. The first-order valence-corrected chi connectivity index (χ1v) is 8.02. The van der Waals surface area contributed by atoms with Gasteiger partial charge in [-0.1, -0.05) is 17.7 Å². The number of benzene rings is 1. The molecule has 1 aromatic carbocycles. The first kappa shape index (κ1) is 17.6. The van der Waals surface area contributed by atoms with Crippen LogP contribution in [0.5, 0.6) is 5.75 Å². The Hall–Kier alpha value is -1.74. The van der Waals surface area contributed by atoms with Gasteiger partial charge in [0.25, 0.3) is 0 Å². The number of aromatic nitrogens is 2. The molecular formula is C19H25ClN2O. The van der Waals surface area contributed by atoms with Crippen molar-refractivity contribution in [1.29, 1.82) is 0 Å². The van der Waals surface area contributed by atoms with E-state index < -0.39 is 0 Å². The highest BCUT2D eigenvalue weighted by Crippen LogP contribution is 2.33. The summed E-state index contributed by atoms with van der Waals surface area (Å²) in [6.45, 7) is 5.13. The average molecular weight is 333 g/mol. The molecule has 23 heavy (non-hydrogen) atoms. The van der Waals surface area contributed by atoms with Crippen LogP contribution < -0.4 is 4.74 Å². The minimum absolute atomic E-state index is 0. The fourth-order valence-corrected chi connectivity index (χ4v) is 3.34. The van der Waals surface area contributed by atoms with Crippen LogP contribution in [0.15, 0.2) is 30.1 Å². The van der Waals surface area contributed by atoms with Crippen LogP contribution in [0.1, 0.15) is 42.3 Å². The van der Waals surface area contributed by atoms with E-state index >= 15 is 0 Å². The third-order valence-electron chi connectivity index (χ3n) is 4.49. The van der Waals surface area contributed by atoms with E-state index in [0.29, 0.717) is 0 Å². The number of rotatable bonds is 4. The molecule has 3 nitrogen and oxygen atoms in total. The molecule has 1 aliphatic carbocycles. The van der Waals surface area contributed by atoms with Crippen molar-refractivity contribution in [3.05, 3.63) is 52.6 Å². The van der Waals surface area contributed by atoms with Crippen molar-refractivity contribution in [1.82, 2.24) is 9.55 Å². The van der Waals surface area contributed by atoms with Gasteiger partial charge in [-0.05, 0) is 62.3 Å². The van der Waals surface area contributed by atoms with E-state index in [2.05, 4.69) is 34.7 Å². The number of hydrogen-bond acceptors (Lipinski definition) is 2. The number of methoxy groups -OCH3 is 1. The van der Waals surface area contributed by atoms with Gasteiger partial charge < -0.3 is 9.30 Å². The summed E-state index contributed by atoms with van der Waals surface area (Å²) in [6, 6.07) is 4.32. The lowest BCUT2D eigenvalue weighted by molar-refractivity contribution is 0.406. The van der Waals surface area contributed by atoms with E-state index in [-0.39, 0.29) is 12.4 Å². The smallest absolute Gasteiger partial charge is 0.122 e. The van der Waals surface area contributed by atoms with Crippen LogP contribution in [0.25, 0.3) is 6.08 Å². The average Bonchev–Trinajstić information content (AvgIpc) is 2.93. The number of fused-ring (bicyclic) bond motifs is 1. The van der Waals surface area contributed by atoms with Gasteiger partial charge in [0, 0.05) is 18.9 Å². The zero-order chi connectivity index (χ0) is 15.5. The van der Waals surface area contributed by atoms with Gasteiger partial charge in [0.15, 0.2) is 0 Å². The second-order valence-corrected chi connectivity index (χ2v) is 6.11. The molecule has 0 saturated carbocycles. The highest BCUT2D eigenvalue weighted by molar-refractivity contribution is 5.85. The van der Waals surface area contributed by atoms with E-state index in [1.807, 2.05) is 19.3 Å². The Bertz CT molecular complexity index is 703. The Labute approximate surface area is 144 Å². The predicted octanol–water partition coefficient (Wildman–Crippen LogP) is 4.60. The maximum absolute atomic E-state index is 5.54. The molecule has 1 heterocycles. The van der Waals surface area contributed by atoms with Crippen LogP contribution in [0.3, 0.4) is 0 Å². The summed E-state index contributed by atoms with van der Waals surface area (Å²) in [5, 5.41) is 0. The van der Waals surface area contributed by atoms with E-state index in [9.17, 15) is 0 Å². The number of halogens is 1. The van der Waals surface area contributed by atoms with Crippen LogP contribution in [-0.2, 0) is 19.4 Å². The molecule has 4 heteroatoms. The number of hydrogen-bond donors (Lipinski definition) is 0. The monoisotopic (exact) mass is 332 g/mol. The van der Waals surface area contributed by atoms with Gasteiger partial charge in [0.05, 0.1) is 7.11 Å². The SMILES string of the molecule is COc1ccc(/C=C(\C)Cn2ccnc2C)c2c1CCCC2.Cl. The molecule has 0 aliphatic heterocycles. The maximum atomic E-state index is 5.54. The summed E-state index contributed by atoms with van der Waals surface area (Å²) < 4.78 is 7.72. The Balaban J connectivity index is 0.00000192. The van der Waals surface area contributed by atoms with Crippen LogP contribution in [-0.4, -0.2) is 16.7 Å². The molecule has 0 N–H and O–H groups in total. The first-order chi connectivity index (χ1) is 10.7. The topological polar surface area (TPSA) is 27.1 Å². The Kier molecular flexibility index (Phi) is 5.89. The minimum atomic E-state index is 0. The number of imidazole rings is 1. The quantitative estimate of drug-likeness (QED) is 0.817. The lowest BCUT2D eigenvalue weighted by Gasteiger charge is -2.21. The van der Waals surface area contributed by atoms with Crippen LogP contribution in [0, 0.1) is 6.92 Å². The van der Waals surface area contributed by atoms with Crippen molar-refractivity contribution >= 4 is 18.5 Å². The lowest BCUT2D eigenvalue weighted by atomic mass is 9.87. The van der Waals surface area contributed by atoms with Crippen LogP contribution in [0.2, 0.25) is 0 Å². The molecule has 124 valence electrons. The molecule has 1 aliphatic rings. The highest BCUT2D eigenvalue weighted by atomic mass is 35.5. The van der Waals surface area contributed by atoms with Gasteiger partial charge in [-0.2, -0.15) is 0 Å². The van der Waals surface area contributed by atoms with Crippen molar-refractivity contribution in [2.75, 3.05) is 7.11 Å². The Morgan fingerprint density at radius 1 is 1.26 bits per heavy atom. The highest BCUT2D eigenvalue weighted by Gasteiger charge is 2.16. The van der Waals surface area contributed by atoms with Crippen molar-refractivity contribution in [2.24, 2.45) is 0 Å². The van der Waals surface area contributed by atoms with E-state index in [0.717, 1.165) is 31.0 Å². The summed E-state index contributed by atoms with van der Waals surface area (Å²) in [5.74, 6) is 2.11. The second kappa shape index (κ2) is 7.69. The predicted molar refractivity (Wildman–Crippen MR) is 97.5 cm³/mol. The number of nitrogens with zero attached hydrogens (tertiary/aromatic N) is 2. The summed E-state index contributed by atoms with van der Waals surface area (Å²) in [5.41, 5.74) is 5.59. The molecule has 0 spiro atoms. The molecule has 0 fully saturated rings. The molecular weight excluding hydrogens is 308 g/mol. The lowest BCUT2D eigenvalue weighted by Crippen LogP contribution is -2.07. The second-order valence-electron chi connectivity index (χ2n) is 6.11. The number of aryl methyl sites for hydroxylation is 1. The summed E-state index contributed by atoms with van der Waals surface area (Å²) in [4.78, 5) is 4.29. The Morgan fingerprint density at radius 2 is 2.00 bits per heavy atom. The normalized spacial score (nSPS) is 14.1. The molecule has 0 radical (unpaired) electrons. The van der Waals surface area contributed by atoms with Gasteiger partial charge in [-0.25, -0.2) is 4.98 Å². The fourth-order valence-electron chi connectivity index (χ4n) is 3.34. The zero-order valence-corrected chi connectivity index (χ0v) is 14.9. The minimum Gasteiger partial charge on any atom is -0.496 e. The van der Waals surface area contributed by atoms with E-state index in [1.54, 1.807) is 7.11 Å². The van der Waals surface area contributed by atoms with Crippen molar-refractivity contribution in [3.8, 4) is 5.75 Å². The van der Waals surface area contributed by atoms with Crippen molar-refractivity contribution in [3.63, 3.8) is 0 Å². The molecule has 2 aromatic rings. The van der Waals surface area contributed by atoms with Crippen LogP contribution in [0.4, 0.5) is 0 Å². The van der Waals surface area contributed by atoms with Gasteiger partial charge in [-0.15, -0.1) is 12.4 Å². The Morgan fingerprint density at radius 3 is 2.65 bits per heavy atom. The van der Waals surface area contributed by atoms with Gasteiger partial charge in [-0.3, -0.25) is 0 Å². The molecule has 0 bridgehead atoms. The molecule has 1 aromatic heterocycles.